The molecule has 1 aliphatic heterocycles. The third-order valence-corrected chi connectivity index (χ3v) is 5.53. The zero-order valence-corrected chi connectivity index (χ0v) is 18.7. The van der Waals surface area contributed by atoms with Crippen molar-refractivity contribution in [2.24, 2.45) is 0 Å². The number of carbonyl (C=O) groups excluding carboxylic acids is 1. The van der Waals surface area contributed by atoms with Crippen LogP contribution in [0.4, 0.5) is 8.78 Å². The summed E-state index contributed by atoms with van der Waals surface area (Å²) in [7, 11) is 2.59. The van der Waals surface area contributed by atoms with Crippen molar-refractivity contribution in [1.82, 2.24) is 9.88 Å². The molecule has 8 heteroatoms. The number of ether oxygens (including phenoxy) is 1. The number of halogens is 3. The third kappa shape index (κ3) is 4.45. The van der Waals surface area contributed by atoms with Gasteiger partial charge in [-0.3, -0.25) is 4.79 Å². The average molecular weight is 461 g/mol. The number of hydrogen-bond acceptors (Lipinski definition) is 4. The van der Waals surface area contributed by atoms with E-state index in [1.165, 1.54) is 12.1 Å². The van der Waals surface area contributed by atoms with Crippen molar-refractivity contribution in [2.45, 2.75) is 26.4 Å². The summed E-state index contributed by atoms with van der Waals surface area (Å²) in [6, 6.07) is 10.8. The fraction of sp³-hybridized carbons (Fsp3) is 0.250. The van der Waals surface area contributed by atoms with Crippen LogP contribution in [0.25, 0.3) is 11.3 Å². The van der Waals surface area contributed by atoms with Gasteiger partial charge in [0.1, 0.15) is 17.4 Å². The Kier molecular flexibility index (Phi) is 7.43. The smallest absolute Gasteiger partial charge is 0.257 e. The van der Waals surface area contributed by atoms with Crippen LogP contribution in [-0.4, -0.2) is 35.1 Å². The standard InChI is InChI=1S/C23H19ClF2N2O2.CH4O/c1-3-13-7-8-14(20(9-13)30-2)11-28-12-19-21(23(28)29)15(24)10-18(27-19)22-16(25)5-4-6-17(22)26;1-2/h4-10H,3,11-12H2,1-2H3;2H,1H3. The molecule has 0 unspecified atom stereocenters. The van der Waals surface area contributed by atoms with Crippen LogP contribution in [0, 0.1) is 11.6 Å². The highest BCUT2D eigenvalue weighted by Crippen LogP contribution is 2.35. The molecule has 2 heterocycles. The number of rotatable bonds is 5. The Morgan fingerprint density at radius 2 is 1.81 bits per heavy atom. The number of aromatic nitrogens is 1. The van der Waals surface area contributed by atoms with Crippen LogP contribution in [0.5, 0.6) is 5.75 Å². The minimum absolute atomic E-state index is 0.0638. The molecule has 0 atom stereocenters. The average Bonchev–Trinajstić information content (AvgIpc) is 3.10. The van der Waals surface area contributed by atoms with Crippen LogP contribution in [0.3, 0.4) is 0 Å². The molecular weight excluding hydrogens is 438 g/mol. The van der Waals surface area contributed by atoms with Gasteiger partial charge in [0.2, 0.25) is 0 Å². The molecule has 0 bridgehead atoms. The van der Waals surface area contributed by atoms with Crippen molar-refractivity contribution in [3.8, 4) is 17.0 Å². The number of aliphatic hydroxyl groups excluding tert-OH is 1. The van der Waals surface area contributed by atoms with Crippen molar-refractivity contribution < 1.29 is 23.4 Å². The zero-order chi connectivity index (χ0) is 23.4. The van der Waals surface area contributed by atoms with Gasteiger partial charge in [0.05, 0.1) is 47.7 Å². The summed E-state index contributed by atoms with van der Waals surface area (Å²) in [6.07, 6.45) is 0.875. The SMILES string of the molecule is CCc1ccc(CN2Cc3nc(-c4c(F)cccc4F)cc(Cl)c3C2=O)c(OC)c1.CO. The molecule has 0 saturated heterocycles. The Morgan fingerprint density at radius 3 is 2.44 bits per heavy atom. The Labute approximate surface area is 190 Å². The van der Waals surface area contributed by atoms with Crippen molar-refractivity contribution in [2.75, 3.05) is 14.2 Å². The van der Waals surface area contributed by atoms with Gasteiger partial charge in [-0.15, -0.1) is 0 Å². The fourth-order valence-corrected chi connectivity index (χ4v) is 3.95. The van der Waals surface area contributed by atoms with E-state index in [0.29, 0.717) is 18.0 Å². The number of fused-ring (bicyclic) bond motifs is 1. The van der Waals surface area contributed by atoms with Gasteiger partial charge in [0, 0.05) is 12.7 Å². The Balaban J connectivity index is 0.00000141. The molecule has 1 N–H and O–H groups in total. The highest BCUT2D eigenvalue weighted by atomic mass is 35.5. The van der Waals surface area contributed by atoms with Gasteiger partial charge in [0.15, 0.2) is 0 Å². The molecule has 32 heavy (non-hydrogen) atoms. The summed E-state index contributed by atoms with van der Waals surface area (Å²) >= 11 is 6.33. The number of hydrogen-bond donors (Lipinski definition) is 1. The maximum absolute atomic E-state index is 14.2. The minimum atomic E-state index is -0.736. The van der Waals surface area contributed by atoms with E-state index >= 15 is 0 Å². The summed E-state index contributed by atoms with van der Waals surface area (Å²) < 4.78 is 33.9. The van der Waals surface area contributed by atoms with Gasteiger partial charge in [-0.2, -0.15) is 0 Å². The molecule has 5 nitrogen and oxygen atoms in total. The van der Waals surface area contributed by atoms with E-state index in [4.69, 9.17) is 21.4 Å². The molecule has 0 spiro atoms. The summed E-state index contributed by atoms with van der Waals surface area (Å²) in [4.78, 5) is 18.9. The van der Waals surface area contributed by atoms with E-state index in [1.54, 1.807) is 12.0 Å². The lowest BCUT2D eigenvalue weighted by Gasteiger charge is -2.18. The van der Waals surface area contributed by atoms with E-state index in [-0.39, 0.29) is 34.3 Å². The Hall–Kier alpha value is -3.03. The Morgan fingerprint density at radius 1 is 1.12 bits per heavy atom. The predicted octanol–water partition coefficient (Wildman–Crippen LogP) is 5.02. The van der Waals surface area contributed by atoms with Crippen molar-refractivity contribution >= 4 is 17.5 Å². The fourth-order valence-electron chi connectivity index (χ4n) is 3.66. The molecule has 3 aromatic rings. The van der Waals surface area contributed by atoms with E-state index in [2.05, 4.69) is 11.9 Å². The predicted molar refractivity (Wildman–Crippen MR) is 119 cm³/mol. The van der Waals surface area contributed by atoms with Gasteiger partial charge >= 0.3 is 0 Å². The van der Waals surface area contributed by atoms with Crippen molar-refractivity contribution in [3.63, 3.8) is 0 Å². The second kappa shape index (κ2) is 10.1. The molecule has 168 valence electrons. The maximum Gasteiger partial charge on any atom is 0.257 e. The topological polar surface area (TPSA) is 62.7 Å². The number of aliphatic hydroxyl groups is 1. The van der Waals surface area contributed by atoms with Gasteiger partial charge in [-0.25, -0.2) is 13.8 Å². The van der Waals surface area contributed by atoms with Crippen LogP contribution < -0.4 is 4.74 Å². The largest absolute Gasteiger partial charge is 0.496 e. The lowest BCUT2D eigenvalue weighted by atomic mass is 10.1. The first kappa shape index (κ1) is 23.6. The van der Waals surface area contributed by atoms with E-state index in [0.717, 1.165) is 36.8 Å². The van der Waals surface area contributed by atoms with Crippen molar-refractivity contribution in [1.29, 1.82) is 0 Å². The molecular formula is C24H23ClF2N2O3. The monoisotopic (exact) mass is 460 g/mol. The molecule has 1 aromatic heterocycles. The first-order valence-corrected chi connectivity index (χ1v) is 10.3. The maximum atomic E-state index is 14.2. The number of pyridine rings is 1. The number of benzene rings is 2. The lowest BCUT2D eigenvalue weighted by Crippen LogP contribution is -2.23. The molecule has 0 saturated carbocycles. The number of nitrogens with zero attached hydrogens (tertiary/aromatic N) is 2. The normalized spacial score (nSPS) is 12.3. The van der Waals surface area contributed by atoms with Gasteiger partial charge in [-0.05, 0) is 36.2 Å². The molecule has 0 radical (unpaired) electrons. The highest BCUT2D eigenvalue weighted by molar-refractivity contribution is 6.34. The first-order valence-electron chi connectivity index (χ1n) is 9.96. The first-order chi connectivity index (χ1) is 15.4. The summed E-state index contributed by atoms with van der Waals surface area (Å²) in [5, 5.41) is 7.12. The highest BCUT2D eigenvalue weighted by Gasteiger charge is 2.32. The number of methoxy groups -OCH3 is 1. The number of amides is 1. The Bertz CT molecular complexity index is 1130. The second-order valence-corrected chi connectivity index (χ2v) is 7.48. The van der Waals surface area contributed by atoms with Gasteiger partial charge in [-0.1, -0.05) is 36.7 Å². The summed E-state index contributed by atoms with van der Waals surface area (Å²) in [5.74, 6) is -1.04. The third-order valence-electron chi connectivity index (χ3n) is 5.23. The van der Waals surface area contributed by atoms with Crippen LogP contribution in [-0.2, 0) is 19.5 Å². The number of carbonyl (C=O) groups is 1. The molecule has 0 fully saturated rings. The molecule has 0 aliphatic carbocycles. The summed E-state index contributed by atoms with van der Waals surface area (Å²) in [5.41, 5.74) is 2.45. The van der Waals surface area contributed by atoms with Crippen LogP contribution in [0.2, 0.25) is 5.02 Å². The zero-order valence-electron chi connectivity index (χ0n) is 18.0. The lowest BCUT2D eigenvalue weighted by molar-refractivity contribution is 0.0765. The molecule has 4 rings (SSSR count). The second-order valence-electron chi connectivity index (χ2n) is 7.07. The quantitative estimate of drug-likeness (QED) is 0.581. The van der Waals surface area contributed by atoms with Gasteiger partial charge in [0.25, 0.3) is 5.91 Å². The van der Waals surface area contributed by atoms with Gasteiger partial charge < -0.3 is 14.7 Å². The van der Waals surface area contributed by atoms with Crippen LogP contribution in [0.15, 0.2) is 42.5 Å². The van der Waals surface area contributed by atoms with Crippen molar-refractivity contribution in [3.05, 3.63) is 81.5 Å². The van der Waals surface area contributed by atoms with Crippen LogP contribution in [0.1, 0.15) is 34.1 Å². The number of aryl methyl sites for hydroxylation is 1. The minimum Gasteiger partial charge on any atom is -0.496 e. The van der Waals surface area contributed by atoms with E-state index < -0.39 is 11.6 Å². The van der Waals surface area contributed by atoms with E-state index in [1.807, 2.05) is 18.2 Å². The van der Waals surface area contributed by atoms with E-state index in [9.17, 15) is 13.6 Å². The molecule has 1 aliphatic rings. The molecule has 2 aromatic carbocycles. The molecule has 1 amide bonds. The van der Waals surface area contributed by atoms with Crippen LogP contribution >= 0.6 is 11.6 Å². The summed E-state index contributed by atoms with van der Waals surface area (Å²) in [6.45, 7) is 2.55.